The molecule has 5 nitrogen and oxygen atoms in total. The molecule has 2 heterocycles. The average molecular weight is 300 g/mol. The Hall–Kier alpha value is -2.43. The topological polar surface area (TPSA) is 63.3 Å². The molecule has 1 amide bonds. The van der Waals surface area contributed by atoms with Gasteiger partial charge in [-0.2, -0.15) is 0 Å². The molecule has 0 aliphatic carbocycles. The molecule has 1 aromatic carbocycles. The van der Waals surface area contributed by atoms with E-state index < -0.39 is 0 Å². The summed E-state index contributed by atoms with van der Waals surface area (Å²) in [5.41, 5.74) is 3.88. The van der Waals surface area contributed by atoms with Gasteiger partial charge in [-0.1, -0.05) is 6.07 Å². The molecule has 3 rings (SSSR count). The van der Waals surface area contributed by atoms with Crippen LogP contribution in [0.2, 0.25) is 0 Å². The number of aromatic amines is 1. The second-order valence-electron chi connectivity index (χ2n) is 5.55. The van der Waals surface area contributed by atoms with Gasteiger partial charge < -0.3 is 19.8 Å². The third-order valence-corrected chi connectivity index (χ3v) is 4.21. The van der Waals surface area contributed by atoms with Crippen molar-refractivity contribution in [2.75, 3.05) is 20.8 Å². The summed E-state index contributed by atoms with van der Waals surface area (Å²) in [5, 5.41) is 2.97. The molecule has 1 aromatic heterocycles. The number of benzene rings is 1. The fraction of sp³-hybridized carbons (Fsp3) is 0.353. The van der Waals surface area contributed by atoms with Crippen molar-refractivity contribution in [3.63, 3.8) is 0 Å². The minimum atomic E-state index is 0.00620. The molecule has 0 radical (unpaired) electrons. The molecule has 0 saturated carbocycles. The Morgan fingerprint density at radius 3 is 2.82 bits per heavy atom. The molecule has 116 valence electrons. The van der Waals surface area contributed by atoms with Gasteiger partial charge in [0.15, 0.2) is 0 Å². The van der Waals surface area contributed by atoms with Crippen molar-refractivity contribution in [3.05, 3.63) is 46.8 Å². The van der Waals surface area contributed by atoms with Crippen molar-refractivity contribution in [2.45, 2.75) is 19.3 Å². The van der Waals surface area contributed by atoms with E-state index in [0.717, 1.165) is 40.3 Å². The molecule has 5 heteroatoms. The van der Waals surface area contributed by atoms with Gasteiger partial charge in [0.25, 0.3) is 5.91 Å². The fourth-order valence-electron chi connectivity index (χ4n) is 3.03. The molecule has 22 heavy (non-hydrogen) atoms. The number of carbonyl (C=O) groups excluding carboxylic acids is 1. The third kappa shape index (κ3) is 2.43. The maximum atomic E-state index is 12.0. The van der Waals surface area contributed by atoms with Gasteiger partial charge in [-0.05, 0) is 30.5 Å². The van der Waals surface area contributed by atoms with Gasteiger partial charge in [0.2, 0.25) is 0 Å². The molecular weight excluding hydrogens is 280 g/mol. The third-order valence-electron chi connectivity index (χ3n) is 4.21. The molecule has 0 saturated heterocycles. The zero-order chi connectivity index (χ0) is 15.7. The summed E-state index contributed by atoms with van der Waals surface area (Å²) < 4.78 is 10.7. The van der Waals surface area contributed by atoms with E-state index in [1.807, 2.05) is 31.3 Å². The van der Waals surface area contributed by atoms with Crippen LogP contribution in [0.25, 0.3) is 0 Å². The highest BCUT2D eigenvalue weighted by Gasteiger charge is 2.29. The average Bonchev–Trinajstić information content (AvgIpc) is 2.93. The Morgan fingerprint density at radius 2 is 2.09 bits per heavy atom. The van der Waals surface area contributed by atoms with Gasteiger partial charge >= 0.3 is 0 Å². The first-order chi connectivity index (χ1) is 10.6. The molecular formula is C17H20N2O3. The highest BCUT2D eigenvalue weighted by molar-refractivity contribution is 5.98. The van der Waals surface area contributed by atoms with Gasteiger partial charge in [-0.3, -0.25) is 4.79 Å². The lowest BCUT2D eigenvalue weighted by Crippen LogP contribution is -2.35. The van der Waals surface area contributed by atoms with Crippen LogP contribution >= 0.6 is 0 Å². The molecule has 1 aliphatic rings. The number of hydrogen-bond donors (Lipinski definition) is 2. The highest BCUT2D eigenvalue weighted by Crippen LogP contribution is 2.32. The predicted octanol–water partition coefficient (Wildman–Crippen LogP) is 2.41. The molecule has 1 atom stereocenters. The number of rotatable bonds is 4. The number of ether oxygens (including phenoxy) is 2. The van der Waals surface area contributed by atoms with E-state index in [9.17, 15) is 4.79 Å². The van der Waals surface area contributed by atoms with Crippen LogP contribution in [-0.2, 0) is 6.42 Å². The SMILES string of the molecule is COc1ccc(CC2CNC(=O)c3c(C)c[nH]c32)c(OC)c1. The number of methoxy groups -OCH3 is 2. The van der Waals surface area contributed by atoms with E-state index in [0.29, 0.717) is 6.54 Å². The van der Waals surface area contributed by atoms with Gasteiger partial charge in [-0.15, -0.1) is 0 Å². The molecule has 0 fully saturated rings. The molecule has 1 unspecified atom stereocenters. The lowest BCUT2D eigenvalue weighted by Gasteiger charge is -2.24. The Bertz CT molecular complexity index is 706. The lowest BCUT2D eigenvalue weighted by molar-refractivity contribution is 0.0939. The Balaban J connectivity index is 1.91. The summed E-state index contributed by atoms with van der Waals surface area (Å²) in [5.74, 6) is 1.80. The molecule has 0 spiro atoms. The summed E-state index contributed by atoms with van der Waals surface area (Å²) in [6.45, 7) is 2.58. The Labute approximate surface area is 129 Å². The van der Waals surface area contributed by atoms with E-state index in [4.69, 9.17) is 9.47 Å². The van der Waals surface area contributed by atoms with Crippen molar-refractivity contribution in [2.24, 2.45) is 0 Å². The van der Waals surface area contributed by atoms with Gasteiger partial charge in [0.05, 0.1) is 19.8 Å². The van der Waals surface area contributed by atoms with Crippen molar-refractivity contribution >= 4 is 5.91 Å². The summed E-state index contributed by atoms with van der Waals surface area (Å²) in [4.78, 5) is 15.3. The van der Waals surface area contributed by atoms with Crippen molar-refractivity contribution < 1.29 is 14.3 Å². The van der Waals surface area contributed by atoms with Crippen molar-refractivity contribution in [3.8, 4) is 11.5 Å². The summed E-state index contributed by atoms with van der Waals surface area (Å²) in [6, 6.07) is 5.83. The zero-order valence-electron chi connectivity index (χ0n) is 13.0. The first-order valence-electron chi connectivity index (χ1n) is 7.31. The lowest BCUT2D eigenvalue weighted by atomic mass is 9.89. The zero-order valence-corrected chi connectivity index (χ0v) is 13.0. The van der Waals surface area contributed by atoms with Crippen LogP contribution in [0.5, 0.6) is 11.5 Å². The number of fused-ring (bicyclic) bond motifs is 1. The monoisotopic (exact) mass is 300 g/mol. The van der Waals surface area contributed by atoms with Gasteiger partial charge in [0, 0.05) is 30.4 Å². The normalized spacial score (nSPS) is 16.9. The second kappa shape index (κ2) is 5.75. The molecule has 1 aliphatic heterocycles. The van der Waals surface area contributed by atoms with Crippen LogP contribution in [0.3, 0.4) is 0 Å². The first kappa shape index (κ1) is 14.5. The van der Waals surface area contributed by atoms with E-state index in [-0.39, 0.29) is 11.8 Å². The predicted molar refractivity (Wildman–Crippen MR) is 83.9 cm³/mol. The number of amides is 1. The van der Waals surface area contributed by atoms with E-state index in [2.05, 4.69) is 10.3 Å². The number of aryl methyl sites for hydroxylation is 1. The summed E-state index contributed by atoms with van der Waals surface area (Å²) in [7, 11) is 3.30. The number of carbonyl (C=O) groups is 1. The second-order valence-corrected chi connectivity index (χ2v) is 5.55. The largest absolute Gasteiger partial charge is 0.497 e. The summed E-state index contributed by atoms with van der Waals surface area (Å²) >= 11 is 0. The van der Waals surface area contributed by atoms with E-state index in [1.54, 1.807) is 14.2 Å². The number of H-pyrrole nitrogens is 1. The van der Waals surface area contributed by atoms with Crippen LogP contribution < -0.4 is 14.8 Å². The maximum Gasteiger partial charge on any atom is 0.253 e. The van der Waals surface area contributed by atoms with E-state index in [1.165, 1.54) is 0 Å². The minimum Gasteiger partial charge on any atom is -0.497 e. The standard InChI is InChI=1S/C17H20N2O3/c1-10-8-18-16-12(9-19-17(20)15(10)16)6-11-4-5-13(21-2)7-14(11)22-3/h4-5,7-8,12,18H,6,9H2,1-3H3,(H,19,20). The molecule has 2 N–H and O–H groups in total. The quantitative estimate of drug-likeness (QED) is 0.911. The molecule has 2 aromatic rings. The number of hydrogen-bond acceptors (Lipinski definition) is 3. The van der Waals surface area contributed by atoms with Crippen LogP contribution in [0.4, 0.5) is 0 Å². The Kier molecular flexibility index (Phi) is 3.79. The van der Waals surface area contributed by atoms with Gasteiger partial charge in [0.1, 0.15) is 11.5 Å². The first-order valence-corrected chi connectivity index (χ1v) is 7.31. The maximum absolute atomic E-state index is 12.0. The van der Waals surface area contributed by atoms with Crippen molar-refractivity contribution in [1.82, 2.24) is 10.3 Å². The van der Waals surface area contributed by atoms with Crippen LogP contribution in [-0.4, -0.2) is 31.7 Å². The van der Waals surface area contributed by atoms with Crippen LogP contribution in [0.15, 0.2) is 24.4 Å². The van der Waals surface area contributed by atoms with Gasteiger partial charge in [-0.25, -0.2) is 0 Å². The number of nitrogens with one attached hydrogen (secondary N) is 2. The number of aromatic nitrogens is 1. The van der Waals surface area contributed by atoms with Crippen molar-refractivity contribution in [1.29, 1.82) is 0 Å². The van der Waals surface area contributed by atoms with E-state index >= 15 is 0 Å². The minimum absolute atomic E-state index is 0.00620. The fourth-order valence-corrected chi connectivity index (χ4v) is 3.03. The van der Waals surface area contributed by atoms with Crippen LogP contribution in [0.1, 0.15) is 33.1 Å². The van der Waals surface area contributed by atoms with Crippen LogP contribution in [0, 0.1) is 6.92 Å². The Morgan fingerprint density at radius 1 is 1.27 bits per heavy atom. The highest BCUT2D eigenvalue weighted by atomic mass is 16.5. The smallest absolute Gasteiger partial charge is 0.253 e. The molecule has 0 bridgehead atoms. The summed E-state index contributed by atoms with van der Waals surface area (Å²) in [6.07, 6.45) is 2.69.